The summed E-state index contributed by atoms with van der Waals surface area (Å²) in [5.41, 5.74) is 3.01. The average molecular weight is 476 g/mol. The molecule has 0 radical (unpaired) electrons. The van der Waals surface area contributed by atoms with Crippen molar-refractivity contribution in [3.05, 3.63) is 47.4 Å². The number of carbonyl (C=O) groups excluding carboxylic acids is 2. The molecule has 1 unspecified atom stereocenters. The first kappa shape index (κ1) is 23.4. The van der Waals surface area contributed by atoms with Gasteiger partial charge in [0.25, 0.3) is 5.91 Å². The van der Waals surface area contributed by atoms with E-state index >= 15 is 0 Å². The zero-order chi connectivity index (χ0) is 24.5. The molecule has 9 heteroatoms. The predicted molar refractivity (Wildman–Crippen MR) is 134 cm³/mol. The summed E-state index contributed by atoms with van der Waals surface area (Å²) in [6.45, 7) is 4.18. The Balaban J connectivity index is 1.32. The summed E-state index contributed by atoms with van der Waals surface area (Å²) in [7, 11) is 3.62. The lowest BCUT2D eigenvalue weighted by atomic mass is 10.1. The monoisotopic (exact) mass is 475 g/mol. The Kier molecular flexibility index (Phi) is 6.51. The molecular formula is C26H33N7O2. The second-order valence-electron chi connectivity index (χ2n) is 9.79. The lowest BCUT2D eigenvalue weighted by Crippen LogP contribution is -2.43. The molecule has 1 saturated carbocycles. The summed E-state index contributed by atoms with van der Waals surface area (Å²) in [4.78, 5) is 39.0. The summed E-state index contributed by atoms with van der Waals surface area (Å²) in [6, 6.07) is 7.58. The maximum absolute atomic E-state index is 13.3. The van der Waals surface area contributed by atoms with Crippen molar-refractivity contribution in [1.82, 2.24) is 34.9 Å². The van der Waals surface area contributed by atoms with Gasteiger partial charge in [-0.25, -0.2) is 9.97 Å². The van der Waals surface area contributed by atoms with Gasteiger partial charge in [0.2, 0.25) is 5.91 Å². The number of aromatic nitrogens is 4. The Morgan fingerprint density at radius 1 is 1.20 bits per heavy atom. The number of hydrogen-bond donors (Lipinski definition) is 1. The van der Waals surface area contributed by atoms with Crippen molar-refractivity contribution in [2.24, 2.45) is 0 Å². The maximum Gasteiger partial charge on any atom is 0.252 e. The van der Waals surface area contributed by atoms with Crippen LogP contribution in [0, 0.1) is 6.92 Å². The third-order valence-electron chi connectivity index (χ3n) is 6.94. The fourth-order valence-electron chi connectivity index (χ4n) is 4.97. The molecule has 5 rings (SSSR count). The van der Waals surface area contributed by atoms with Crippen molar-refractivity contribution in [3.8, 4) is 5.82 Å². The number of likely N-dealkylation sites (tertiary alicyclic amines) is 1. The molecule has 1 aliphatic carbocycles. The van der Waals surface area contributed by atoms with E-state index in [9.17, 15) is 9.59 Å². The number of amides is 2. The van der Waals surface area contributed by atoms with Gasteiger partial charge in [0.15, 0.2) is 11.5 Å². The quantitative estimate of drug-likeness (QED) is 0.503. The van der Waals surface area contributed by atoms with Crippen LogP contribution < -0.4 is 5.32 Å². The van der Waals surface area contributed by atoms with E-state index in [1.807, 2.05) is 45.3 Å². The van der Waals surface area contributed by atoms with Crippen LogP contribution in [-0.2, 0) is 4.79 Å². The molecule has 2 fully saturated rings. The van der Waals surface area contributed by atoms with Crippen molar-refractivity contribution in [1.29, 1.82) is 0 Å². The van der Waals surface area contributed by atoms with Crippen molar-refractivity contribution in [2.45, 2.75) is 51.0 Å². The van der Waals surface area contributed by atoms with Gasteiger partial charge in [-0.3, -0.25) is 14.5 Å². The Hall–Kier alpha value is -3.33. The second kappa shape index (κ2) is 9.73. The van der Waals surface area contributed by atoms with Crippen LogP contribution in [0.3, 0.4) is 0 Å². The van der Waals surface area contributed by atoms with Gasteiger partial charge in [0.05, 0.1) is 22.7 Å². The average Bonchev–Trinajstić information content (AvgIpc) is 3.52. The SMILES string of the molecule is Cc1nn(-c2ccccn2)c2nc(C3CC3)cc(C(=O)NCCCN3CCCC3C(=O)N(C)C)c12. The number of rotatable bonds is 8. The topological polar surface area (TPSA) is 96.2 Å². The highest BCUT2D eigenvalue weighted by atomic mass is 16.2. The van der Waals surface area contributed by atoms with Gasteiger partial charge in [-0.1, -0.05) is 6.07 Å². The van der Waals surface area contributed by atoms with E-state index in [0.717, 1.165) is 62.0 Å². The molecule has 35 heavy (non-hydrogen) atoms. The van der Waals surface area contributed by atoms with Crippen LogP contribution in [-0.4, -0.2) is 81.1 Å². The van der Waals surface area contributed by atoms with Crippen LogP contribution >= 0.6 is 0 Å². The zero-order valence-electron chi connectivity index (χ0n) is 20.7. The first-order valence-corrected chi connectivity index (χ1v) is 12.5. The number of nitrogens with zero attached hydrogens (tertiary/aromatic N) is 6. The minimum atomic E-state index is -0.106. The zero-order valence-corrected chi connectivity index (χ0v) is 20.7. The van der Waals surface area contributed by atoms with Crippen LogP contribution in [0.15, 0.2) is 30.5 Å². The van der Waals surface area contributed by atoms with Crippen LogP contribution in [0.5, 0.6) is 0 Å². The van der Waals surface area contributed by atoms with E-state index < -0.39 is 0 Å². The minimum Gasteiger partial charge on any atom is -0.352 e. The van der Waals surface area contributed by atoms with E-state index in [2.05, 4.69) is 20.3 Å². The molecule has 1 aliphatic heterocycles. The fourth-order valence-corrected chi connectivity index (χ4v) is 4.97. The predicted octanol–water partition coefficient (Wildman–Crippen LogP) is 2.67. The Labute approximate surface area is 205 Å². The van der Waals surface area contributed by atoms with Crippen LogP contribution in [0.25, 0.3) is 16.9 Å². The number of aryl methyl sites for hydroxylation is 1. The standard InChI is InChI=1S/C26H33N7O2/c1-17-23-19(25(34)28-13-7-15-32-14-6-8-21(32)26(35)31(2)3)16-20(18-10-11-18)29-24(23)33(30-17)22-9-4-5-12-27-22/h4-5,9,12,16,18,21H,6-8,10-11,13-15H2,1-3H3,(H,28,34). The van der Waals surface area contributed by atoms with Crippen molar-refractivity contribution in [3.63, 3.8) is 0 Å². The smallest absolute Gasteiger partial charge is 0.252 e. The van der Waals surface area contributed by atoms with E-state index in [0.29, 0.717) is 29.5 Å². The molecule has 2 aliphatic rings. The van der Waals surface area contributed by atoms with Gasteiger partial charge >= 0.3 is 0 Å². The lowest BCUT2D eigenvalue weighted by Gasteiger charge is -2.26. The van der Waals surface area contributed by atoms with Gasteiger partial charge in [-0.15, -0.1) is 0 Å². The molecular weight excluding hydrogens is 442 g/mol. The first-order chi connectivity index (χ1) is 16.9. The van der Waals surface area contributed by atoms with Gasteiger partial charge in [0, 0.05) is 45.0 Å². The molecule has 1 atom stereocenters. The molecule has 184 valence electrons. The van der Waals surface area contributed by atoms with Gasteiger partial charge in [-0.05, 0) is 63.8 Å². The number of nitrogens with one attached hydrogen (secondary N) is 1. The molecule has 2 amide bonds. The summed E-state index contributed by atoms with van der Waals surface area (Å²) in [6.07, 6.45) is 6.65. The third kappa shape index (κ3) is 4.77. The highest BCUT2D eigenvalue weighted by Gasteiger charge is 2.31. The number of carbonyl (C=O) groups is 2. The second-order valence-corrected chi connectivity index (χ2v) is 9.79. The molecule has 9 nitrogen and oxygen atoms in total. The van der Waals surface area contributed by atoms with Crippen LogP contribution in [0.1, 0.15) is 59.8 Å². The van der Waals surface area contributed by atoms with Crippen molar-refractivity contribution >= 4 is 22.8 Å². The largest absolute Gasteiger partial charge is 0.352 e. The highest BCUT2D eigenvalue weighted by molar-refractivity contribution is 6.06. The Morgan fingerprint density at radius 2 is 2.03 bits per heavy atom. The van der Waals surface area contributed by atoms with Crippen molar-refractivity contribution < 1.29 is 9.59 Å². The first-order valence-electron chi connectivity index (χ1n) is 12.5. The summed E-state index contributed by atoms with van der Waals surface area (Å²) < 4.78 is 1.74. The van der Waals surface area contributed by atoms with E-state index in [1.54, 1.807) is 15.8 Å². The molecule has 0 bridgehead atoms. The van der Waals surface area contributed by atoms with Crippen LogP contribution in [0.2, 0.25) is 0 Å². The molecule has 0 aromatic carbocycles. The Morgan fingerprint density at radius 3 is 2.74 bits per heavy atom. The molecule has 0 spiro atoms. The van der Waals surface area contributed by atoms with Gasteiger partial charge < -0.3 is 10.2 Å². The number of pyridine rings is 2. The lowest BCUT2D eigenvalue weighted by molar-refractivity contribution is -0.133. The number of fused-ring (bicyclic) bond motifs is 1. The summed E-state index contributed by atoms with van der Waals surface area (Å²) in [5.74, 6) is 1.15. The molecule has 4 heterocycles. The van der Waals surface area contributed by atoms with E-state index in [-0.39, 0.29) is 17.9 Å². The Bertz CT molecular complexity index is 1230. The molecule has 1 N–H and O–H groups in total. The van der Waals surface area contributed by atoms with Gasteiger partial charge in [0.1, 0.15) is 0 Å². The molecule has 3 aromatic heterocycles. The minimum absolute atomic E-state index is 0.0401. The summed E-state index contributed by atoms with van der Waals surface area (Å²) in [5, 5.41) is 8.56. The molecule has 1 saturated heterocycles. The number of hydrogen-bond acceptors (Lipinski definition) is 6. The summed E-state index contributed by atoms with van der Waals surface area (Å²) >= 11 is 0. The normalized spacial score (nSPS) is 18.2. The fraction of sp³-hybridized carbons (Fsp3) is 0.500. The van der Waals surface area contributed by atoms with Gasteiger partial charge in [-0.2, -0.15) is 9.78 Å². The maximum atomic E-state index is 13.3. The van der Waals surface area contributed by atoms with Crippen molar-refractivity contribution in [2.75, 3.05) is 33.7 Å². The molecule has 3 aromatic rings. The third-order valence-corrected chi connectivity index (χ3v) is 6.94. The van der Waals surface area contributed by atoms with Crippen LogP contribution in [0.4, 0.5) is 0 Å². The van der Waals surface area contributed by atoms with E-state index in [1.165, 1.54) is 0 Å². The highest BCUT2D eigenvalue weighted by Crippen LogP contribution is 2.40. The van der Waals surface area contributed by atoms with E-state index in [4.69, 9.17) is 4.98 Å². The number of likely N-dealkylation sites (N-methyl/N-ethyl adjacent to an activating group) is 1.